The molecule has 0 amide bonds. The van der Waals surface area contributed by atoms with Crippen molar-refractivity contribution in [1.29, 1.82) is 0 Å². The molecule has 0 aliphatic carbocycles. The van der Waals surface area contributed by atoms with Gasteiger partial charge < -0.3 is 0 Å². The lowest BCUT2D eigenvalue weighted by atomic mass is 10.0. The summed E-state index contributed by atoms with van der Waals surface area (Å²) >= 11 is 6.97. The van der Waals surface area contributed by atoms with E-state index in [1.54, 1.807) is 45.3 Å². The molecule has 2 aromatic carbocycles. The summed E-state index contributed by atoms with van der Waals surface area (Å²) in [6.45, 7) is 12.5. The molecule has 68 heavy (non-hydrogen) atoms. The second kappa shape index (κ2) is 23.4. The quantitative estimate of drug-likeness (QED) is 0.0549. The summed E-state index contributed by atoms with van der Waals surface area (Å²) in [5, 5.41) is 46.2. The molecule has 0 fully saturated rings. The molecule has 0 saturated carbocycles. The van der Waals surface area contributed by atoms with Crippen molar-refractivity contribution in [3.63, 3.8) is 0 Å². The predicted molar refractivity (Wildman–Crippen MR) is 287 cm³/mol. The minimum Gasteiger partial charge on any atom is -0.244 e. The third-order valence-corrected chi connectivity index (χ3v) is 16.3. The van der Waals surface area contributed by atoms with Crippen LogP contribution in [0.2, 0.25) is 0 Å². The average Bonchev–Trinajstić information content (AvgIpc) is 4.22. The molecule has 0 bridgehead atoms. The zero-order chi connectivity index (χ0) is 46.7. The Bertz CT molecular complexity index is 2740. The van der Waals surface area contributed by atoms with Crippen molar-refractivity contribution in [3.8, 4) is 41.8 Å². The first-order valence-electron chi connectivity index (χ1n) is 25.1. The molecule has 0 unspecified atom stereocenters. The van der Waals surface area contributed by atoms with Gasteiger partial charge in [-0.05, 0) is 71.5 Å². The number of aromatic nitrogens is 12. The van der Waals surface area contributed by atoms with E-state index in [2.05, 4.69) is 137 Å². The summed E-state index contributed by atoms with van der Waals surface area (Å²) in [6.07, 6.45) is 19.2. The maximum Gasteiger partial charge on any atom is 0.124 e. The van der Waals surface area contributed by atoms with Crippen molar-refractivity contribution in [2.24, 2.45) is 0 Å². The smallest absolute Gasteiger partial charge is 0.124 e. The van der Waals surface area contributed by atoms with Gasteiger partial charge in [-0.2, -0.15) is 0 Å². The molecule has 356 valence electrons. The molecule has 16 heteroatoms. The van der Waals surface area contributed by atoms with Crippen LogP contribution in [0.5, 0.6) is 0 Å². The van der Waals surface area contributed by atoms with Crippen molar-refractivity contribution in [2.45, 2.75) is 157 Å². The molecule has 8 heterocycles. The van der Waals surface area contributed by atoms with Gasteiger partial charge in [0.2, 0.25) is 0 Å². The van der Waals surface area contributed by atoms with Crippen LogP contribution in [0.25, 0.3) is 85.9 Å². The number of benzene rings is 2. The van der Waals surface area contributed by atoms with Gasteiger partial charge in [0.25, 0.3) is 0 Å². The second-order valence-electron chi connectivity index (χ2n) is 17.7. The third-order valence-electron chi connectivity index (χ3n) is 12.8. The van der Waals surface area contributed by atoms with Crippen molar-refractivity contribution >= 4 is 89.5 Å². The maximum atomic E-state index is 4.74. The van der Waals surface area contributed by atoms with Crippen molar-refractivity contribution in [1.82, 2.24) is 60.0 Å². The van der Waals surface area contributed by atoms with Gasteiger partial charge in [-0.1, -0.05) is 150 Å². The SMILES string of the molecule is CCCCCCn1nnc2c(-c3cccs3)c3nnn(CCCCCC)c3c(-c3cccs3)c21.CCCCCCn1nnc2c(-c3cccs3)c3nnn(CCCCCC)c3c(-c3cccs3)c21. The number of aryl methyl sites for hydroxylation is 4. The highest BCUT2D eigenvalue weighted by Gasteiger charge is 2.28. The summed E-state index contributed by atoms with van der Waals surface area (Å²) in [7, 11) is 0. The summed E-state index contributed by atoms with van der Waals surface area (Å²) < 4.78 is 8.52. The number of rotatable bonds is 24. The Hall–Kier alpha value is -5.16. The number of hydrogen-bond acceptors (Lipinski definition) is 12. The Morgan fingerprint density at radius 3 is 0.794 bits per heavy atom. The summed E-state index contributed by atoms with van der Waals surface area (Å²) in [5.41, 5.74) is 12.7. The largest absolute Gasteiger partial charge is 0.244 e. The summed E-state index contributed by atoms with van der Waals surface area (Å²) in [6, 6.07) is 17.1. The predicted octanol–water partition coefficient (Wildman–Crippen LogP) is 15.6. The van der Waals surface area contributed by atoms with Gasteiger partial charge in [-0.3, -0.25) is 0 Å². The van der Waals surface area contributed by atoms with E-state index in [4.69, 9.17) is 20.4 Å². The van der Waals surface area contributed by atoms with Crippen LogP contribution in [0.1, 0.15) is 130 Å². The fraction of sp³-hybridized carbons (Fsp3) is 0.462. The Labute approximate surface area is 415 Å². The molecular formula is C52H64N12S4. The molecule has 10 aromatic rings. The van der Waals surface area contributed by atoms with Gasteiger partial charge in [-0.15, -0.1) is 65.7 Å². The van der Waals surface area contributed by atoms with Crippen molar-refractivity contribution in [2.75, 3.05) is 0 Å². The van der Waals surface area contributed by atoms with E-state index in [0.717, 1.165) is 107 Å². The van der Waals surface area contributed by atoms with Crippen molar-refractivity contribution in [3.05, 3.63) is 70.1 Å². The van der Waals surface area contributed by atoms with E-state index in [9.17, 15) is 0 Å². The monoisotopic (exact) mass is 984 g/mol. The number of hydrogen-bond donors (Lipinski definition) is 0. The lowest BCUT2D eigenvalue weighted by Gasteiger charge is -2.12. The van der Waals surface area contributed by atoms with Gasteiger partial charge in [0.15, 0.2) is 0 Å². The number of unbranched alkanes of at least 4 members (excludes halogenated alkanes) is 12. The first-order chi connectivity index (χ1) is 33.7. The average molecular weight is 985 g/mol. The molecule has 0 atom stereocenters. The van der Waals surface area contributed by atoms with Gasteiger partial charge in [-0.25, -0.2) is 18.7 Å². The highest BCUT2D eigenvalue weighted by Crippen LogP contribution is 2.46. The zero-order valence-corrected chi connectivity index (χ0v) is 43.3. The van der Waals surface area contributed by atoms with Crippen LogP contribution in [0, 0.1) is 0 Å². The molecule has 0 radical (unpaired) electrons. The van der Waals surface area contributed by atoms with Crippen LogP contribution in [0.15, 0.2) is 70.1 Å². The zero-order valence-electron chi connectivity index (χ0n) is 40.1. The van der Waals surface area contributed by atoms with Crippen LogP contribution in [0.3, 0.4) is 0 Å². The molecule has 10 rings (SSSR count). The maximum absolute atomic E-state index is 4.74. The molecule has 0 saturated heterocycles. The fourth-order valence-electron chi connectivity index (χ4n) is 9.36. The number of nitrogens with zero attached hydrogens (tertiary/aromatic N) is 12. The topological polar surface area (TPSA) is 123 Å². The Balaban J connectivity index is 0.000000170. The molecule has 0 spiro atoms. The third kappa shape index (κ3) is 10.1. The minimum atomic E-state index is 0.877. The molecule has 0 N–H and O–H groups in total. The number of thiophene rings is 4. The summed E-state index contributed by atoms with van der Waals surface area (Å²) in [5.74, 6) is 0. The van der Waals surface area contributed by atoms with Gasteiger partial charge in [0.1, 0.15) is 44.1 Å². The van der Waals surface area contributed by atoms with Crippen LogP contribution in [0.4, 0.5) is 0 Å². The Morgan fingerprint density at radius 2 is 0.574 bits per heavy atom. The lowest BCUT2D eigenvalue weighted by molar-refractivity contribution is 0.537. The van der Waals surface area contributed by atoms with Gasteiger partial charge in [0.05, 0.1) is 11.1 Å². The first-order valence-corrected chi connectivity index (χ1v) is 28.6. The van der Waals surface area contributed by atoms with E-state index < -0.39 is 0 Å². The number of fused-ring (bicyclic) bond motifs is 4. The Kier molecular flexibility index (Phi) is 16.5. The van der Waals surface area contributed by atoms with Gasteiger partial charge in [0, 0.05) is 56.8 Å². The highest BCUT2D eigenvalue weighted by molar-refractivity contribution is 7.15. The van der Waals surface area contributed by atoms with E-state index in [-0.39, 0.29) is 0 Å². The van der Waals surface area contributed by atoms with Crippen LogP contribution >= 0.6 is 45.3 Å². The van der Waals surface area contributed by atoms with Gasteiger partial charge >= 0.3 is 0 Å². The van der Waals surface area contributed by atoms with E-state index in [1.165, 1.54) is 108 Å². The summed E-state index contributed by atoms with van der Waals surface area (Å²) in [4.78, 5) is 4.79. The minimum absolute atomic E-state index is 0.877. The standard InChI is InChI=1S/2C26H32N6S2/c2*1-3-5-7-9-15-31-25-22(20-14-12-18-34-20)26-24(28-30-32(26)16-10-8-6-4-2)21(23(25)27-29-31)19-13-11-17-33-19/h2*11-14,17-18H,3-10,15-16H2,1-2H3. The molecule has 12 nitrogen and oxygen atoms in total. The van der Waals surface area contributed by atoms with E-state index >= 15 is 0 Å². The fourth-order valence-corrected chi connectivity index (χ4v) is 12.4. The van der Waals surface area contributed by atoms with Crippen LogP contribution in [-0.4, -0.2) is 60.0 Å². The van der Waals surface area contributed by atoms with Crippen molar-refractivity contribution < 1.29 is 0 Å². The molecule has 8 aromatic heterocycles. The van der Waals surface area contributed by atoms with Crippen LogP contribution < -0.4 is 0 Å². The Morgan fingerprint density at radius 1 is 0.324 bits per heavy atom. The first kappa shape index (κ1) is 47.9. The highest BCUT2D eigenvalue weighted by atomic mass is 32.1. The molecule has 0 aliphatic heterocycles. The normalized spacial score (nSPS) is 11.8. The lowest BCUT2D eigenvalue weighted by Crippen LogP contribution is -2.04. The second-order valence-corrected chi connectivity index (χ2v) is 21.5. The molecular weight excluding hydrogens is 921 g/mol. The van der Waals surface area contributed by atoms with Crippen LogP contribution in [-0.2, 0) is 26.2 Å². The van der Waals surface area contributed by atoms with E-state index in [0.29, 0.717) is 0 Å². The van der Waals surface area contributed by atoms with E-state index in [1.807, 2.05) is 0 Å². The molecule has 0 aliphatic rings.